The van der Waals surface area contributed by atoms with Crippen LogP contribution >= 0.6 is 0 Å². The van der Waals surface area contributed by atoms with Crippen LogP contribution in [0.3, 0.4) is 0 Å². The van der Waals surface area contributed by atoms with Gasteiger partial charge in [0.1, 0.15) is 5.67 Å². The largest absolute Gasteiger partial charge is 1.00 e. The average Bonchev–Trinajstić information content (AvgIpc) is 1.97. The van der Waals surface area contributed by atoms with Crippen molar-refractivity contribution in [3.63, 3.8) is 0 Å². The first-order valence-corrected chi connectivity index (χ1v) is 6.04. The predicted octanol–water partition coefficient (Wildman–Crippen LogP) is -3.32. The molecule has 0 saturated carbocycles. The zero-order valence-electron chi connectivity index (χ0n) is 9.25. The van der Waals surface area contributed by atoms with Crippen molar-refractivity contribution < 1.29 is 52.3 Å². The molecule has 0 atom stereocenters. The Hall–Kier alpha value is 0.350. The van der Waals surface area contributed by atoms with Gasteiger partial charge in [-0.3, -0.25) is 0 Å². The van der Waals surface area contributed by atoms with Crippen molar-refractivity contribution in [1.82, 2.24) is 0 Å². The fraction of sp³-hybridized carbons (Fsp3) is 0.875. The molecule has 0 amide bonds. The molecule has 0 aliphatic heterocycles. The molecule has 0 rings (SSSR count). The Kier molecular flexibility index (Phi) is 8.08. The molecule has 0 unspecified atom stereocenters. The van der Waals surface area contributed by atoms with E-state index in [1.807, 2.05) is 0 Å². The number of aliphatic carboxylic acids is 1. The molecule has 0 radical (unpaired) electrons. The molecule has 0 aromatic carbocycles. The second kappa shape index (κ2) is 6.83. The number of sulfone groups is 1. The molecule has 84 valence electrons. The predicted molar refractivity (Wildman–Crippen MR) is 48.1 cm³/mol. The van der Waals surface area contributed by atoms with E-state index in [9.17, 15) is 22.7 Å². The second-order valence-corrected chi connectivity index (χ2v) is 6.05. The van der Waals surface area contributed by atoms with Crippen molar-refractivity contribution in [2.75, 3.05) is 11.5 Å². The maximum absolute atomic E-state index is 12.9. The summed E-state index contributed by atoms with van der Waals surface area (Å²) in [5.41, 5.74) is -1.55. The molecular formula is C8H14FNaO4S. The molecule has 0 aliphatic rings. The zero-order valence-corrected chi connectivity index (χ0v) is 12.1. The molecule has 0 aromatic heterocycles. The van der Waals surface area contributed by atoms with Crippen LogP contribution in [0.4, 0.5) is 4.39 Å². The minimum absolute atomic E-state index is 0. The van der Waals surface area contributed by atoms with E-state index in [0.717, 1.165) is 0 Å². The van der Waals surface area contributed by atoms with Crippen LogP contribution in [-0.2, 0) is 14.6 Å². The Morgan fingerprint density at radius 3 is 2.13 bits per heavy atom. The molecule has 0 aliphatic carbocycles. The summed E-state index contributed by atoms with van der Waals surface area (Å²) in [6.45, 7) is 2.56. The van der Waals surface area contributed by atoms with Gasteiger partial charge in [0, 0.05) is 12.4 Å². The summed E-state index contributed by atoms with van der Waals surface area (Å²) in [4.78, 5) is 10.00. The van der Waals surface area contributed by atoms with Gasteiger partial charge >= 0.3 is 29.6 Å². The summed E-state index contributed by atoms with van der Waals surface area (Å²) in [6.07, 6.45) is -0.655. The van der Waals surface area contributed by atoms with Crippen LogP contribution in [0.25, 0.3) is 0 Å². The Bertz CT molecular complexity index is 294. The monoisotopic (exact) mass is 248 g/mol. The topological polar surface area (TPSA) is 74.3 Å². The van der Waals surface area contributed by atoms with Gasteiger partial charge in [-0.15, -0.1) is 0 Å². The van der Waals surface area contributed by atoms with Crippen LogP contribution in [0.15, 0.2) is 0 Å². The van der Waals surface area contributed by atoms with Crippen molar-refractivity contribution in [3.8, 4) is 0 Å². The van der Waals surface area contributed by atoms with Crippen LogP contribution in [0.2, 0.25) is 0 Å². The van der Waals surface area contributed by atoms with Crippen LogP contribution in [0.1, 0.15) is 26.7 Å². The molecule has 0 bridgehead atoms. The number of carboxylic acid groups (broad SMARTS) is 1. The molecule has 0 N–H and O–H groups in total. The van der Waals surface area contributed by atoms with Gasteiger partial charge in [-0.25, -0.2) is 12.8 Å². The number of carboxylic acids is 1. The molecular weight excluding hydrogens is 234 g/mol. The number of alkyl halides is 1. The number of carbonyl (C=O) groups excluding carboxylic acids is 1. The van der Waals surface area contributed by atoms with E-state index in [0.29, 0.717) is 0 Å². The van der Waals surface area contributed by atoms with E-state index < -0.39 is 33.6 Å². The van der Waals surface area contributed by atoms with Crippen molar-refractivity contribution in [3.05, 3.63) is 0 Å². The van der Waals surface area contributed by atoms with Crippen molar-refractivity contribution >= 4 is 15.8 Å². The third-order valence-corrected chi connectivity index (χ3v) is 3.28. The van der Waals surface area contributed by atoms with E-state index in [2.05, 4.69) is 0 Å². The quantitative estimate of drug-likeness (QED) is 0.461. The number of carbonyl (C=O) groups is 1. The number of halogens is 1. The molecule has 7 heteroatoms. The van der Waals surface area contributed by atoms with Crippen molar-refractivity contribution in [1.29, 1.82) is 0 Å². The van der Waals surface area contributed by atoms with E-state index >= 15 is 0 Å². The van der Waals surface area contributed by atoms with Gasteiger partial charge in [0.15, 0.2) is 9.84 Å². The van der Waals surface area contributed by atoms with Crippen LogP contribution < -0.4 is 34.7 Å². The van der Waals surface area contributed by atoms with Gasteiger partial charge < -0.3 is 9.90 Å². The van der Waals surface area contributed by atoms with Crippen LogP contribution in [0.5, 0.6) is 0 Å². The Labute approximate surface area is 111 Å². The number of hydrogen-bond donors (Lipinski definition) is 0. The van der Waals surface area contributed by atoms with Gasteiger partial charge in [-0.1, -0.05) is 0 Å². The number of hydrogen-bond acceptors (Lipinski definition) is 4. The van der Waals surface area contributed by atoms with E-state index in [-0.39, 0.29) is 41.7 Å². The van der Waals surface area contributed by atoms with Crippen LogP contribution in [0, 0.1) is 0 Å². The zero-order chi connectivity index (χ0) is 11.4. The van der Waals surface area contributed by atoms with Gasteiger partial charge in [0.25, 0.3) is 0 Å². The summed E-state index contributed by atoms with van der Waals surface area (Å²) >= 11 is 0. The Morgan fingerprint density at radius 1 is 1.33 bits per heavy atom. The van der Waals surface area contributed by atoms with Crippen molar-refractivity contribution in [2.45, 2.75) is 32.4 Å². The molecule has 0 spiro atoms. The van der Waals surface area contributed by atoms with Gasteiger partial charge in [-0.05, 0) is 20.3 Å². The average molecular weight is 248 g/mol. The molecule has 0 fully saturated rings. The molecule has 0 saturated heterocycles. The SMILES string of the molecule is CC(C)(F)CCS(=O)(=O)CCC(=O)[O-].[Na+]. The van der Waals surface area contributed by atoms with E-state index in [4.69, 9.17) is 0 Å². The Balaban J connectivity index is 0. The summed E-state index contributed by atoms with van der Waals surface area (Å²) in [5.74, 6) is -2.22. The molecule has 15 heavy (non-hydrogen) atoms. The minimum atomic E-state index is -3.47. The normalized spacial score (nSPS) is 11.9. The van der Waals surface area contributed by atoms with E-state index in [1.54, 1.807) is 0 Å². The van der Waals surface area contributed by atoms with Crippen molar-refractivity contribution in [2.24, 2.45) is 0 Å². The summed E-state index contributed by atoms with van der Waals surface area (Å²) in [6, 6.07) is 0. The maximum Gasteiger partial charge on any atom is 1.00 e. The minimum Gasteiger partial charge on any atom is -0.550 e. The standard InChI is InChI=1S/C8H15FO4S.Na/c1-8(2,9)4-6-14(12,13)5-3-7(10)11;/h3-6H2,1-2H3,(H,10,11);/q;+1/p-1. The fourth-order valence-electron chi connectivity index (χ4n) is 0.739. The van der Waals surface area contributed by atoms with Gasteiger partial charge in [0.05, 0.1) is 11.5 Å². The molecule has 4 nitrogen and oxygen atoms in total. The maximum atomic E-state index is 12.9. The first-order chi connectivity index (χ1) is 6.12. The molecule has 0 aromatic rings. The van der Waals surface area contributed by atoms with Gasteiger partial charge in [0.2, 0.25) is 0 Å². The van der Waals surface area contributed by atoms with Gasteiger partial charge in [-0.2, -0.15) is 0 Å². The summed E-state index contributed by atoms with van der Waals surface area (Å²) in [5, 5.41) is 10.00. The first-order valence-electron chi connectivity index (χ1n) is 4.22. The Morgan fingerprint density at radius 2 is 1.80 bits per heavy atom. The third kappa shape index (κ3) is 12.3. The fourth-order valence-corrected chi connectivity index (χ4v) is 2.22. The number of rotatable bonds is 6. The molecule has 0 heterocycles. The van der Waals surface area contributed by atoms with Crippen LogP contribution in [-0.4, -0.2) is 31.6 Å². The third-order valence-electron chi connectivity index (χ3n) is 1.62. The van der Waals surface area contributed by atoms with E-state index in [1.165, 1.54) is 13.8 Å². The summed E-state index contributed by atoms with van der Waals surface area (Å²) < 4.78 is 35.2. The summed E-state index contributed by atoms with van der Waals surface area (Å²) in [7, 11) is -3.47. The second-order valence-electron chi connectivity index (χ2n) is 3.74. The first kappa shape index (κ1) is 17.7. The smallest absolute Gasteiger partial charge is 0.550 e.